The Kier molecular flexibility index (Phi) is 1.19. The van der Waals surface area contributed by atoms with Crippen molar-refractivity contribution in [1.82, 2.24) is 0 Å². The maximum absolute atomic E-state index is 5.67. The number of hydrogen-bond acceptors (Lipinski definition) is 1. The van der Waals surface area contributed by atoms with E-state index in [1.807, 2.05) is 0 Å². The third-order valence-corrected chi connectivity index (χ3v) is 5.38. The van der Waals surface area contributed by atoms with E-state index in [1.54, 1.807) is 6.42 Å². The summed E-state index contributed by atoms with van der Waals surface area (Å²) in [5.41, 5.74) is 0. The first-order valence-corrected chi connectivity index (χ1v) is 5.98. The Balaban J connectivity index is 1.66. The van der Waals surface area contributed by atoms with Crippen LogP contribution in [-0.4, -0.2) is 12.2 Å². The number of rotatable bonds is 0. The second kappa shape index (κ2) is 2.13. The van der Waals surface area contributed by atoms with Gasteiger partial charge in [0.2, 0.25) is 0 Å². The van der Waals surface area contributed by atoms with Gasteiger partial charge in [0.05, 0.1) is 12.2 Å². The molecule has 4 rings (SSSR count). The van der Waals surface area contributed by atoms with Crippen LogP contribution in [0.2, 0.25) is 0 Å². The summed E-state index contributed by atoms with van der Waals surface area (Å²) in [5.74, 6) is 5.35. The van der Waals surface area contributed by atoms with Crippen molar-refractivity contribution < 1.29 is 4.74 Å². The van der Waals surface area contributed by atoms with E-state index in [-0.39, 0.29) is 0 Å². The fraction of sp³-hybridized carbons (Fsp3) is 1.00. The lowest BCUT2D eigenvalue weighted by molar-refractivity contribution is 0.137. The lowest BCUT2D eigenvalue weighted by atomic mass is 9.68. The molecule has 4 aliphatic rings. The van der Waals surface area contributed by atoms with Crippen molar-refractivity contribution in [3.05, 3.63) is 0 Å². The summed E-state index contributed by atoms with van der Waals surface area (Å²) in [7, 11) is 0. The highest BCUT2D eigenvalue weighted by Gasteiger charge is 2.58. The highest BCUT2D eigenvalue weighted by atomic mass is 16.6. The van der Waals surface area contributed by atoms with Crippen LogP contribution in [0, 0.1) is 29.6 Å². The van der Waals surface area contributed by atoms with Gasteiger partial charge in [-0.15, -0.1) is 0 Å². The molecule has 1 heterocycles. The summed E-state index contributed by atoms with van der Waals surface area (Å²) >= 11 is 0. The Bertz CT molecular complexity index is 250. The van der Waals surface area contributed by atoms with Gasteiger partial charge in [-0.2, -0.15) is 0 Å². The van der Waals surface area contributed by atoms with Gasteiger partial charge in [0.1, 0.15) is 0 Å². The average Bonchev–Trinajstić information content (AvgIpc) is 2.66. The van der Waals surface area contributed by atoms with E-state index in [0.717, 1.165) is 29.6 Å². The van der Waals surface area contributed by atoms with Gasteiger partial charge in [0.25, 0.3) is 0 Å². The molecule has 0 aromatic carbocycles. The van der Waals surface area contributed by atoms with Crippen molar-refractivity contribution >= 4 is 0 Å². The van der Waals surface area contributed by atoms with Crippen LogP contribution in [0.3, 0.4) is 0 Å². The fourth-order valence-electron chi connectivity index (χ4n) is 4.79. The normalized spacial score (nSPS) is 67.6. The van der Waals surface area contributed by atoms with E-state index in [9.17, 15) is 0 Å². The van der Waals surface area contributed by atoms with E-state index in [2.05, 4.69) is 6.92 Å². The van der Waals surface area contributed by atoms with E-state index in [4.69, 9.17) is 4.74 Å². The highest BCUT2D eigenvalue weighted by Crippen LogP contribution is 2.62. The van der Waals surface area contributed by atoms with Crippen LogP contribution in [0.15, 0.2) is 0 Å². The SMILES string of the molecule is CC1CC2CC1C1CC3OC3CC21. The van der Waals surface area contributed by atoms with Gasteiger partial charge >= 0.3 is 0 Å². The van der Waals surface area contributed by atoms with Crippen molar-refractivity contribution in [2.75, 3.05) is 0 Å². The van der Waals surface area contributed by atoms with Gasteiger partial charge in [-0.1, -0.05) is 6.92 Å². The zero-order valence-electron chi connectivity index (χ0n) is 8.28. The monoisotopic (exact) mass is 178 g/mol. The predicted molar refractivity (Wildman–Crippen MR) is 50.3 cm³/mol. The zero-order chi connectivity index (χ0) is 8.58. The molecule has 0 radical (unpaired) electrons. The van der Waals surface area contributed by atoms with E-state index >= 15 is 0 Å². The molecule has 1 aliphatic heterocycles. The molecular formula is C12H18O. The molecule has 0 N–H and O–H groups in total. The van der Waals surface area contributed by atoms with Crippen molar-refractivity contribution in [2.24, 2.45) is 29.6 Å². The summed E-state index contributed by atoms with van der Waals surface area (Å²) in [6.45, 7) is 2.47. The maximum atomic E-state index is 5.67. The molecule has 4 fully saturated rings. The second-order valence-electron chi connectivity index (χ2n) is 5.88. The van der Waals surface area contributed by atoms with E-state index in [1.165, 1.54) is 19.3 Å². The highest BCUT2D eigenvalue weighted by molar-refractivity contribution is 5.07. The molecule has 7 atom stereocenters. The van der Waals surface area contributed by atoms with Crippen molar-refractivity contribution in [3.8, 4) is 0 Å². The second-order valence-corrected chi connectivity index (χ2v) is 5.88. The van der Waals surface area contributed by atoms with Crippen LogP contribution >= 0.6 is 0 Å². The van der Waals surface area contributed by atoms with Crippen LogP contribution in [0.25, 0.3) is 0 Å². The lowest BCUT2D eigenvalue weighted by Gasteiger charge is -2.36. The molecule has 72 valence electrons. The molecule has 1 saturated heterocycles. The minimum Gasteiger partial charge on any atom is -0.370 e. The topological polar surface area (TPSA) is 12.5 Å². The molecule has 1 heteroatoms. The predicted octanol–water partition coefficient (Wildman–Crippen LogP) is 2.46. The summed E-state index contributed by atoms with van der Waals surface area (Å²) in [5, 5.41) is 0. The Morgan fingerprint density at radius 2 is 1.62 bits per heavy atom. The van der Waals surface area contributed by atoms with Crippen LogP contribution in [0.5, 0.6) is 0 Å². The van der Waals surface area contributed by atoms with Gasteiger partial charge in [0, 0.05) is 0 Å². The first-order chi connectivity index (χ1) is 6.33. The third kappa shape index (κ3) is 0.823. The molecule has 0 amide bonds. The molecule has 3 aliphatic carbocycles. The largest absolute Gasteiger partial charge is 0.370 e. The quantitative estimate of drug-likeness (QED) is 0.519. The Labute approximate surface area is 79.8 Å². The minimum absolute atomic E-state index is 0.702. The van der Waals surface area contributed by atoms with Crippen molar-refractivity contribution in [1.29, 1.82) is 0 Å². The van der Waals surface area contributed by atoms with Crippen LogP contribution < -0.4 is 0 Å². The van der Waals surface area contributed by atoms with Gasteiger partial charge in [-0.05, 0) is 55.3 Å². The Morgan fingerprint density at radius 3 is 2.46 bits per heavy atom. The number of epoxide rings is 1. The van der Waals surface area contributed by atoms with E-state index < -0.39 is 0 Å². The number of ether oxygens (including phenoxy) is 1. The Morgan fingerprint density at radius 1 is 0.846 bits per heavy atom. The minimum atomic E-state index is 0.702. The molecule has 3 saturated carbocycles. The Hall–Kier alpha value is -0.0400. The maximum Gasteiger partial charge on any atom is 0.0844 e. The van der Waals surface area contributed by atoms with Gasteiger partial charge < -0.3 is 4.74 Å². The lowest BCUT2D eigenvalue weighted by Crippen LogP contribution is -2.32. The number of hydrogen-bond donors (Lipinski definition) is 0. The smallest absolute Gasteiger partial charge is 0.0844 e. The van der Waals surface area contributed by atoms with E-state index in [0.29, 0.717) is 12.2 Å². The summed E-state index contributed by atoms with van der Waals surface area (Å²) in [4.78, 5) is 0. The molecule has 0 aromatic rings. The molecule has 0 spiro atoms. The number of fused-ring (bicyclic) bond motifs is 6. The first kappa shape index (κ1) is 7.28. The summed E-state index contributed by atoms with van der Waals surface area (Å²) in [6, 6.07) is 0. The molecule has 2 bridgehead atoms. The molecule has 7 unspecified atom stereocenters. The third-order valence-electron chi connectivity index (χ3n) is 5.38. The molecule has 0 aromatic heterocycles. The average molecular weight is 178 g/mol. The van der Waals surface area contributed by atoms with Crippen LogP contribution in [0.4, 0.5) is 0 Å². The molecular weight excluding hydrogens is 160 g/mol. The fourth-order valence-corrected chi connectivity index (χ4v) is 4.79. The van der Waals surface area contributed by atoms with Crippen molar-refractivity contribution in [2.45, 2.75) is 44.8 Å². The molecule has 1 nitrogen and oxygen atoms in total. The molecule has 13 heavy (non-hydrogen) atoms. The summed E-state index contributed by atoms with van der Waals surface area (Å²) < 4.78 is 5.67. The summed E-state index contributed by atoms with van der Waals surface area (Å²) in [6.07, 6.45) is 7.34. The standard InChI is InChI=1S/C12H18O/c1-6-2-7-3-8(6)10-5-12-11(13-12)4-9(7)10/h6-12H,2-5H2,1H3. The van der Waals surface area contributed by atoms with Gasteiger partial charge in [-0.3, -0.25) is 0 Å². The van der Waals surface area contributed by atoms with Crippen LogP contribution in [-0.2, 0) is 4.74 Å². The van der Waals surface area contributed by atoms with Gasteiger partial charge in [0.15, 0.2) is 0 Å². The van der Waals surface area contributed by atoms with Gasteiger partial charge in [-0.25, -0.2) is 0 Å². The van der Waals surface area contributed by atoms with Crippen molar-refractivity contribution in [3.63, 3.8) is 0 Å². The zero-order valence-corrected chi connectivity index (χ0v) is 8.28. The first-order valence-electron chi connectivity index (χ1n) is 5.98. The van der Waals surface area contributed by atoms with Crippen LogP contribution in [0.1, 0.15) is 32.6 Å².